The second-order valence-electron chi connectivity index (χ2n) is 4.39. The summed E-state index contributed by atoms with van der Waals surface area (Å²) < 4.78 is 15.1. The van der Waals surface area contributed by atoms with E-state index in [0.29, 0.717) is 17.8 Å². The first-order valence-corrected chi connectivity index (χ1v) is 5.95. The van der Waals surface area contributed by atoms with Gasteiger partial charge < -0.3 is 24.4 Å². The Labute approximate surface area is 106 Å². The van der Waals surface area contributed by atoms with Crippen molar-refractivity contribution in [1.29, 1.82) is 0 Å². The van der Waals surface area contributed by atoms with Crippen molar-refractivity contribution >= 4 is 0 Å². The van der Waals surface area contributed by atoms with Gasteiger partial charge in [0.05, 0.1) is 26.4 Å². The number of phenols is 2. The number of aryl methyl sites for hydroxylation is 1. The molecule has 5 heteroatoms. The summed E-state index contributed by atoms with van der Waals surface area (Å²) >= 11 is 0. The normalized spacial score (nSPS) is 24.1. The molecule has 2 N–H and O–H groups in total. The Morgan fingerprint density at radius 3 is 2.11 bits per heavy atom. The van der Waals surface area contributed by atoms with Gasteiger partial charge in [-0.05, 0) is 18.6 Å². The topological polar surface area (TPSA) is 74.8 Å². The first kappa shape index (κ1) is 13.1. The van der Waals surface area contributed by atoms with Crippen LogP contribution in [0.3, 0.4) is 0 Å². The van der Waals surface area contributed by atoms with Crippen LogP contribution in [0.2, 0.25) is 0 Å². The van der Waals surface area contributed by atoms with Gasteiger partial charge in [-0.25, -0.2) is 0 Å². The summed E-state index contributed by atoms with van der Waals surface area (Å²) in [6.07, 6.45) is 0.785. The van der Waals surface area contributed by atoms with Gasteiger partial charge in [-0.1, -0.05) is 12.1 Å². The zero-order valence-electron chi connectivity index (χ0n) is 10.3. The number of ether oxygens (including phenoxy) is 3. The minimum Gasteiger partial charge on any atom is -0.504 e. The number of aromatic hydroxyl groups is 2. The van der Waals surface area contributed by atoms with E-state index in [2.05, 4.69) is 0 Å². The molecule has 2 saturated heterocycles. The van der Waals surface area contributed by atoms with Crippen molar-refractivity contribution in [3.63, 3.8) is 0 Å². The predicted octanol–water partition coefficient (Wildman–Crippen LogP) is 1.21. The Balaban J connectivity index is 0.000000134. The third-order valence-corrected chi connectivity index (χ3v) is 2.63. The largest absolute Gasteiger partial charge is 0.504 e. The molecule has 2 heterocycles. The fraction of sp³-hybridized carbons (Fsp3) is 0.538. The van der Waals surface area contributed by atoms with E-state index < -0.39 is 0 Å². The molecule has 18 heavy (non-hydrogen) atoms. The minimum atomic E-state index is -0.0602. The van der Waals surface area contributed by atoms with E-state index >= 15 is 0 Å². The van der Waals surface area contributed by atoms with E-state index in [0.717, 1.165) is 26.4 Å². The lowest BCUT2D eigenvalue weighted by atomic mass is 10.2. The molecule has 100 valence electrons. The molecule has 1 aromatic carbocycles. The lowest BCUT2D eigenvalue weighted by molar-refractivity contribution is 0.102. The van der Waals surface area contributed by atoms with Crippen LogP contribution in [0.15, 0.2) is 18.2 Å². The van der Waals surface area contributed by atoms with Crippen molar-refractivity contribution in [3.05, 3.63) is 23.8 Å². The lowest BCUT2D eigenvalue weighted by Gasteiger charge is -1.97. The standard InChI is InChI=1S/C7H8O2.C6H10O3/c1-5-3-2-4-6(8)7(5)9;1(5-3-8-5)7-2-6-4-9-6/h2-4,8-9H,1H3;5-6H,1-4H2. The Morgan fingerprint density at radius 1 is 1.17 bits per heavy atom. The molecule has 5 nitrogen and oxygen atoms in total. The van der Waals surface area contributed by atoms with Crippen LogP contribution in [0.5, 0.6) is 11.5 Å². The first-order valence-electron chi connectivity index (χ1n) is 5.95. The fourth-order valence-electron chi connectivity index (χ4n) is 1.30. The van der Waals surface area contributed by atoms with Crippen molar-refractivity contribution in [2.75, 3.05) is 26.4 Å². The maximum atomic E-state index is 8.96. The molecule has 0 aliphatic carbocycles. The zero-order valence-corrected chi connectivity index (χ0v) is 10.3. The molecular formula is C13H18O5. The van der Waals surface area contributed by atoms with Crippen LogP contribution < -0.4 is 0 Å². The molecular weight excluding hydrogens is 236 g/mol. The van der Waals surface area contributed by atoms with Gasteiger partial charge in [-0.15, -0.1) is 0 Å². The molecule has 2 aliphatic rings. The van der Waals surface area contributed by atoms with Crippen molar-refractivity contribution in [2.24, 2.45) is 0 Å². The number of phenolic OH excluding ortho intramolecular Hbond substituents is 2. The van der Waals surface area contributed by atoms with Gasteiger partial charge in [0.25, 0.3) is 0 Å². The van der Waals surface area contributed by atoms with E-state index in [1.807, 2.05) is 0 Å². The minimum absolute atomic E-state index is 0.0301. The Bertz CT molecular complexity index is 353. The third-order valence-electron chi connectivity index (χ3n) is 2.63. The second kappa shape index (κ2) is 6.04. The van der Waals surface area contributed by atoms with E-state index in [4.69, 9.17) is 24.4 Å². The Morgan fingerprint density at radius 2 is 1.72 bits per heavy atom. The van der Waals surface area contributed by atoms with Gasteiger partial charge in [0, 0.05) is 0 Å². The van der Waals surface area contributed by atoms with Crippen LogP contribution in [-0.4, -0.2) is 48.8 Å². The summed E-state index contributed by atoms with van der Waals surface area (Å²) in [6.45, 7) is 4.99. The SMILES string of the molecule is C(OCC1CO1)C1CO1.Cc1cccc(O)c1O. The summed E-state index contributed by atoms with van der Waals surface area (Å²) in [5.41, 5.74) is 0.690. The van der Waals surface area contributed by atoms with Crippen LogP contribution in [0.4, 0.5) is 0 Å². The molecule has 0 spiro atoms. The molecule has 2 fully saturated rings. The monoisotopic (exact) mass is 254 g/mol. The van der Waals surface area contributed by atoms with Gasteiger partial charge in [0.1, 0.15) is 12.2 Å². The Hall–Kier alpha value is -1.30. The average Bonchev–Trinajstić information content (AvgIpc) is 3.20. The molecule has 1 aromatic rings. The smallest absolute Gasteiger partial charge is 0.160 e. The predicted molar refractivity (Wildman–Crippen MR) is 64.8 cm³/mol. The summed E-state index contributed by atoms with van der Waals surface area (Å²) in [6, 6.07) is 4.86. The van der Waals surface area contributed by atoms with Crippen molar-refractivity contribution < 1.29 is 24.4 Å². The maximum Gasteiger partial charge on any atom is 0.160 e. The van der Waals surface area contributed by atoms with E-state index in [1.165, 1.54) is 6.07 Å². The van der Waals surface area contributed by atoms with E-state index in [-0.39, 0.29) is 11.5 Å². The molecule has 0 saturated carbocycles. The molecule has 3 rings (SSSR count). The molecule has 0 radical (unpaired) electrons. The lowest BCUT2D eigenvalue weighted by Crippen LogP contribution is -2.06. The highest BCUT2D eigenvalue weighted by Gasteiger charge is 2.26. The fourth-order valence-corrected chi connectivity index (χ4v) is 1.30. The van der Waals surface area contributed by atoms with Crippen molar-refractivity contribution in [2.45, 2.75) is 19.1 Å². The molecule has 0 bridgehead atoms. The molecule has 2 atom stereocenters. The van der Waals surface area contributed by atoms with Crippen LogP contribution in [0.25, 0.3) is 0 Å². The number of hydrogen-bond donors (Lipinski definition) is 2. The highest BCUT2D eigenvalue weighted by molar-refractivity contribution is 5.43. The number of epoxide rings is 2. The summed E-state index contributed by atoms with van der Waals surface area (Å²) in [5.74, 6) is -0.0903. The highest BCUT2D eigenvalue weighted by atomic mass is 16.6. The molecule has 2 aliphatic heterocycles. The van der Waals surface area contributed by atoms with Gasteiger partial charge in [0.2, 0.25) is 0 Å². The van der Waals surface area contributed by atoms with Crippen LogP contribution >= 0.6 is 0 Å². The number of benzene rings is 1. The summed E-state index contributed by atoms with van der Waals surface area (Å²) in [7, 11) is 0. The first-order chi connectivity index (χ1) is 8.66. The Kier molecular flexibility index (Phi) is 4.41. The molecule has 0 amide bonds. The number of rotatable bonds is 4. The van der Waals surface area contributed by atoms with Gasteiger partial charge in [-0.3, -0.25) is 0 Å². The van der Waals surface area contributed by atoms with Gasteiger partial charge >= 0.3 is 0 Å². The van der Waals surface area contributed by atoms with Crippen LogP contribution in [0.1, 0.15) is 5.56 Å². The molecule has 2 unspecified atom stereocenters. The van der Waals surface area contributed by atoms with Gasteiger partial charge in [0.15, 0.2) is 11.5 Å². The quantitative estimate of drug-likeness (QED) is 0.624. The summed E-state index contributed by atoms with van der Waals surface area (Å²) in [5, 5.41) is 17.8. The van der Waals surface area contributed by atoms with E-state index in [9.17, 15) is 0 Å². The molecule has 0 aromatic heterocycles. The third kappa shape index (κ3) is 4.52. The zero-order chi connectivity index (χ0) is 13.0. The maximum absolute atomic E-state index is 8.96. The van der Waals surface area contributed by atoms with Crippen molar-refractivity contribution in [1.82, 2.24) is 0 Å². The average molecular weight is 254 g/mol. The second-order valence-corrected chi connectivity index (χ2v) is 4.39. The van der Waals surface area contributed by atoms with Gasteiger partial charge in [-0.2, -0.15) is 0 Å². The van der Waals surface area contributed by atoms with Crippen molar-refractivity contribution in [3.8, 4) is 11.5 Å². The van der Waals surface area contributed by atoms with E-state index in [1.54, 1.807) is 19.1 Å². The number of para-hydroxylation sites is 1. The van der Waals surface area contributed by atoms with Crippen LogP contribution in [-0.2, 0) is 14.2 Å². The summed E-state index contributed by atoms with van der Waals surface area (Å²) in [4.78, 5) is 0. The number of hydrogen-bond acceptors (Lipinski definition) is 5. The van der Waals surface area contributed by atoms with Crippen LogP contribution in [0, 0.1) is 6.92 Å². The highest BCUT2D eigenvalue weighted by Crippen LogP contribution is 2.26.